The van der Waals surface area contributed by atoms with E-state index in [9.17, 15) is 0 Å². The molecule has 0 saturated carbocycles. The first-order valence-corrected chi connectivity index (χ1v) is 6.47. The fourth-order valence-electron chi connectivity index (χ4n) is 2.56. The van der Waals surface area contributed by atoms with Crippen LogP contribution < -0.4 is 11.5 Å². The summed E-state index contributed by atoms with van der Waals surface area (Å²) in [6.45, 7) is 7.07. The molecule has 0 amide bonds. The van der Waals surface area contributed by atoms with Crippen molar-refractivity contribution < 1.29 is 0 Å². The average molecular weight is 245 g/mol. The van der Waals surface area contributed by atoms with E-state index in [4.69, 9.17) is 11.5 Å². The number of nitrogens with two attached hydrogens (primary N) is 2. The lowest BCUT2D eigenvalue weighted by Gasteiger charge is -2.26. The molecule has 0 bridgehead atoms. The highest BCUT2D eigenvalue weighted by Gasteiger charge is 2.23. The number of rotatable bonds is 4. The van der Waals surface area contributed by atoms with Crippen LogP contribution in [0, 0.1) is 12.3 Å². The second kappa shape index (κ2) is 4.75. The first-order valence-electron chi connectivity index (χ1n) is 6.47. The highest BCUT2D eigenvalue weighted by molar-refractivity contribution is 5.85. The van der Waals surface area contributed by atoms with Gasteiger partial charge < -0.3 is 16.5 Å². The first kappa shape index (κ1) is 13.1. The number of fused-ring (bicyclic) bond motifs is 1. The molecule has 2 rings (SSSR count). The van der Waals surface area contributed by atoms with Crippen LogP contribution in [0.3, 0.4) is 0 Å². The summed E-state index contributed by atoms with van der Waals surface area (Å²) in [5.74, 6) is 0. The topological polar surface area (TPSA) is 67.8 Å². The summed E-state index contributed by atoms with van der Waals surface area (Å²) in [6.07, 6.45) is 0.895. The van der Waals surface area contributed by atoms with Crippen LogP contribution >= 0.6 is 0 Å². The molecule has 18 heavy (non-hydrogen) atoms. The van der Waals surface area contributed by atoms with Gasteiger partial charge in [0.05, 0.1) is 0 Å². The molecule has 0 saturated heterocycles. The lowest BCUT2D eigenvalue weighted by Crippen LogP contribution is -2.28. The number of hydrogen-bond acceptors (Lipinski definition) is 2. The van der Waals surface area contributed by atoms with Gasteiger partial charge >= 0.3 is 0 Å². The van der Waals surface area contributed by atoms with Crippen molar-refractivity contribution in [1.29, 1.82) is 0 Å². The van der Waals surface area contributed by atoms with E-state index in [1.165, 1.54) is 10.9 Å². The van der Waals surface area contributed by atoms with Crippen molar-refractivity contribution in [2.24, 2.45) is 16.9 Å². The largest absolute Gasteiger partial charge is 0.358 e. The summed E-state index contributed by atoms with van der Waals surface area (Å²) < 4.78 is 0. The van der Waals surface area contributed by atoms with Crippen LogP contribution in [0.15, 0.2) is 24.3 Å². The molecule has 3 heteroatoms. The summed E-state index contributed by atoms with van der Waals surface area (Å²) >= 11 is 0. The summed E-state index contributed by atoms with van der Waals surface area (Å²) in [6, 6.07) is 8.34. The lowest BCUT2D eigenvalue weighted by atomic mass is 9.83. The Morgan fingerprint density at radius 1 is 1.28 bits per heavy atom. The standard InChI is InChI=1S/C15H23N3/c1-10-14(12(17)8-15(2,3)9-16)11-6-4-5-7-13(11)18-10/h4-7,12,18H,8-9,16-17H2,1-3H3. The van der Waals surface area contributed by atoms with Gasteiger partial charge in [0.15, 0.2) is 0 Å². The van der Waals surface area contributed by atoms with Crippen molar-refractivity contribution in [1.82, 2.24) is 4.98 Å². The average Bonchev–Trinajstić information content (AvgIpc) is 2.64. The fourth-order valence-corrected chi connectivity index (χ4v) is 2.56. The minimum atomic E-state index is 0.0275. The minimum Gasteiger partial charge on any atom is -0.358 e. The Bertz CT molecular complexity index is 540. The molecule has 0 aliphatic carbocycles. The Hall–Kier alpha value is -1.32. The van der Waals surface area contributed by atoms with Gasteiger partial charge in [-0.2, -0.15) is 0 Å². The van der Waals surface area contributed by atoms with E-state index in [1.807, 2.05) is 6.07 Å². The molecule has 0 aliphatic heterocycles. The Kier molecular flexibility index (Phi) is 3.46. The molecule has 5 N–H and O–H groups in total. The van der Waals surface area contributed by atoms with Gasteiger partial charge in [0.1, 0.15) is 0 Å². The zero-order valence-corrected chi connectivity index (χ0v) is 11.5. The molecule has 0 aliphatic rings. The molecule has 0 radical (unpaired) electrons. The Balaban J connectivity index is 2.38. The molecule has 0 spiro atoms. The van der Waals surface area contributed by atoms with E-state index in [1.54, 1.807) is 0 Å². The second-order valence-electron chi connectivity index (χ2n) is 5.89. The van der Waals surface area contributed by atoms with Crippen molar-refractivity contribution in [3.63, 3.8) is 0 Å². The molecular weight excluding hydrogens is 222 g/mol. The quantitative estimate of drug-likeness (QED) is 0.775. The maximum Gasteiger partial charge on any atom is 0.0459 e. The third-order valence-electron chi connectivity index (χ3n) is 3.64. The molecule has 1 aromatic heterocycles. The monoisotopic (exact) mass is 245 g/mol. The van der Waals surface area contributed by atoms with Crippen molar-refractivity contribution in [2.75, 3.05) is 6.54 Å². The van der Waals surface area contributed by atoms with E-state index in [0.717, 1.165) is 17.6 Å². The Morgan fingerprint density at radius 3 is 2.61 bits per heavy atom. The molecule has 3 nitrogen and oxygen atoms in total. The molecular formula is C15H23N3. The van der Waals surface area contributed by atoms with Gasteiger partial charge in [0, 0.05) is 22.6 Å². The summed E-state index contributed by atoms with van der Waals surface area (Å²) in [5, 5.41) is 1.23. The number of hydrogen-bond donors (Lipinski definition) is 3. The number of para-hydroxylation sites is 1. The van der Waals surface area contributed by atoms with Crippen LogP contribution in [0.1, 0.15) is 37.6 Å². The number of benzene rings is 1. The van der Waals surface area contributed by atoms with Gasteiger partial charge in [-0.3, -0.25) is 0 Å². The molecule has 0 fully saturated rings. The van der Waals surface area contributed by atoms with Crippen LogP contribution in [0.4, 0.5) is 0 Å². The summed E-state index contributed by atoms with van der Waals surface area (Å²) in [5.41, 5.74) is 15.8. The van der Waals surface area contributed by atoms with Gasteiger partial charge in [-0.05, 0) is 36.9 Å². The SMILES string of the molecule is Cc1[nH]c2ccccc2c1C(N)CC(C)(C)CN. The van der Waals surface area contributed by atoms with Crippen LogP contribution in [0.2, 0.25) is 0 Å². The molecule has 98 valence electrons. The molecule has 2 aromatic rings. The van der Waals surface area contributed by atoms with Crippen LogP contribution in [-0.2, 0) is 0 Å². The van der Waals surface area contributed by atoms with Gasteiger partial charge in [-0.1, -0.05) is 32.0 Å². The minimum absolute atomic E-state index is 0.0275. The van der Waals surface area contributed by atoms with Crippen LogP contribution in [0.5, 0.6) is 0 Å². The van der Waals surface area contributed by atoms with Crippen LogP contribution in [-0.4, -0.2) is 11.5 Å². The van der Waals surface area contributed by atoms with Crippen molar-refractivity contribution >= 4 is 10.9 Å². The number of aryl methyl sites for hydroxylation is 1. The van der Waals surface area contributed by atoms with E-state index in [-0.39, 0.29) is 11.5 Å². The molecule has 1 atom stereocenters. The first-order chi connectivity index (χ1) is 8.44. The molecule has 1 unspecified atom stereocenters. The van der Waals surface area contributed by atoms with Crippen molar-refractivity contribution in [3.8, 4) is 0 Å². The lowest BCUT2D eigenvalue weighted by molar-refractivity contribution is 0.318. The Labute approximate surface area is 109 Å². The van der Waals surface area contributed by atoms with E-state index in [2.05, 4.69) is 44.0 Å². The van der Waals surface area contributed by atoms with E-state index < -0.39 is 0 Å². The molecule has 1 heterocycles. The highest BCUT2D eigenvalue weighted by atomic mass is 14.8. The van der Waals surface area contributed by atoms with Crippen LogP contribution in [0.25, 0.3) is 10.9 Å². The predicted octanol–water partition coefficient (Wildman–Crippen LogP) is 2.85. The van der Waals surface area contributed by atoms with E-state index >= 15 is 0 Å². The number of aromatic amines is 1. The highest BCUT2D eigenvalue weighted by Crippen LogP contribution is 2.33. The maximum atomic E-state index is 6.39. The summed E-state index contributed by atoms with van der Waals surface area (Å²) in [4.78, 5) is 3.40. The molecule has 1 aromatic carbocycles. The predicted molar refractivity (Wildman–Crippen MR) is 77.4 cm³/mol. The second-order valence-corrected chi connectivity index (χ2v) is 5.89. The normalized spacial score (nSPS) is 14.1. The van der Waals surface area contributed by atoms with Crippen molar-refractivity contribution in [3.05, 3.63) is 35.5 Å². The smallest absolute Gasteiger partial charge is 0.0459 e. The maximum absolute atomic E-state index is 6.39. The fraction of sp³-hybridized carbons (Fsp3) is 0.467. The van der Waals surface area contributed by atoms with Gasteiger partial charge in [-0.25, -0.2) is 0 Å². The third kappa shape index (κ3) is 2.42. The number of nitrogens with one attached hydrogen (secondary N) is 1. The third-order valence-corrected chi connectivity index (χ3v) is 3.64. The van der Waals surface area contributed by atoms with Gasteiger partial charge in [0.2, 0.25) is 0 Å². The zero-order valence-electron chi connectivity index (χ0n) is 11.5. The zero-order chi connectivity index (χ0) is 13.3. The van der Waals surface area contributed by atoms with Crippen molar-refractivity contribution in [2.45, 2.75) is 33.2 Å². The summed E-state index contributed by atoms with van der Waals surface area (Å²) in [7, 11) is 0. The number of H-pyrrole nitrogens is 1. The Morgan fingerprint density at radius 2 is 1.94 bits per heavy atom. The van der Waals surface area contributed by atoms with Gasteiger partial charge in [0.25, 0.3) is 0 Å². The number of aromatic nitrogens is 1. The van der Waals surface area contributed by atoms with E-state index in [0.29, 0.717) is 6.54 Å². The van der Waals surface area contributed by atoms with Gasteiger partial charge in [-0.15, -0.1) is 0 Å².